The molecule has 0 radical (unpaired) electrons. The molecule has 144 valence electrons. The third-order valence-electron chi connectivity index (χ3n) is 5.36. The number of piperidine rings is 1. The molecule has 27 heavy (non-hydrogen) atoms. The molecule has 2 aliphatic rings. The second-order valence-corrected chi connectivity index (χ2v) is 7.33. The molecule has 2 fully saturated rings. The molecule has 2 saturated heterocycles. The van der Waals surface area contributed by atoms with E-state index >= 15 is 0 Å². The summed E-state index contributed by atoms with van der Waals surface area (Å²) in [6.07, 6.45) is 4.54. The monoisotopic (exact) mass is 368 g/mol. The molecule has 2 heterocycles. The van der Waals surface area contributed by atoms with Crippen LogP contribution in [0, 0.1) is 17.8 Å². The van der Waals surface area contributed by atoms with Gasteiger partial charge in [0.2, 0.25) is 5.91 Å². The molecule has 2 aliphatic heterocycles. The third kappa shape index (κ3) is 4.90. The maximum absolute atomic E-state index is 12.6. The molecule has 2 atom stereocenters. The van der Waals surface area contributed by atoms with Crippen LogP contribution in [0.15, 0.2) is 24.3 Å². The third-order valence-corrected chi connectivity index (χ3v) is 5.36. The van der Waals surface area contributed by atoms with Crippen molar-refractivity contribution in [2.24, 2.45) is 5.92 Å². The molecular weight excluding hydrogens is 340 g/mol. The summed E-state index contributed by atoms with van der Waals surface area (Å²) in [5, 5.41) is 0. The first-order chi connectivity index (χ1) is 13.1. The molecule has 5 nitrogen and oxygen atoms in total. The van der Waals surface area contributed by atoms with Crippen molar-refractivity contribution in [3.63, 3.8) is 0 Å². The predicted molar refractivity (Wildman–Crippen MR) is 104 cm³/mol. The topological polar surface area (TPSA) is 49.9 Å². The Morgan fingerprint density at radius 1 is 1.26 bits per heavy atom. The van der Waals surface area contributed by atoms with E-state index in [1.165, 1.54) is 19.3 Å². The average molecular weight is 368 g/mol. The second kappa shape index (κ2) is 9.05. The fourth-order valence-corrected chi connectivity index (χ4v) is 3.84. The van der Waals surface area contributed by atoms with Crippen LogP contribution in [0.4, 0.5) is 0 Å². The average Bonchev–Trinajstić information content (AvgIpc) is 2.95. The van der Waals surface area contributed by atoms with Gasteiger partial charge in [-0.3, -0.25) is 4.79 Å². The summed E-state index contributed by atoms with van der Waals surface area (Å²) in [5.74, 6) is 6.26. The van der Waals surface area contributed by atoms with E-state index in [9.17, 15) is 9.59 Å². The Labute approximate surface area is 161 Å². The van der Waals surface area contributed by atoms with Crippen LogP contribution in [0.3, 0.4) is 0 Å². The second-order valence-electron chi connectivity index (χ2n) is 7.33. The number of carbonyl (C=O) groups excluding carboxylic acids is 2. The van der Waals surface area contributed by atoms with Crippen molar-refractivity contribution in [1.29, 1.82) is 0 Å². The standard InChI is InChI=1S/C22H28N2O3/c1-3-27-22(26)18-9-7-8-17(14-18)10-11-20-15-19(21(25)23(20)2)16-24-12-5-4-6-13-24/h7-9,14,19-20H,3-6,12-13,15-16H2,1-2H3. The van der Waals surface area contributed by atoms with Gasteiger partial charge in [0.25, 0.3) is 0 Å². The lowest BCUT2D eigenvalue weighted by Crippen LogP contribution is -2.37. The summed E-state index contributed by atoms with van der Waals surface area (Å²) in [4.78, 5) is 28.6. The summed E-state index contributed by atoms with van der Waals surface area (Å²) >= 11 is 0. The highest BCUT2D eigenvalue weighted by molar-refractivity contribution is 5.89. The van der Waals surface area contributed by atoms with Crippen LogP contribution >= 0.6 is 0 Å². The smallest absolute Gasteiger partial charge is 0.338 e. The minimum atomic E-state index is -0.337. The highest BCUT2D eigenvalue weighted by Gasteiger charge is 2.37. The van der Waals surface area contributed by atoms with Gasteiger partial charge in [0.15, 0.2) is 0 Å². The zero-order valence-electron chi connectivity index (χ0n) is 16.2. The van der Waals surface area contributed by atoms with Gasteiger partial charge in [-0.15, -0.1) is 0 Å². The van der Waals surface area contributed by atoms with E-state index < -0.39 is 0 Å². The molecule has 2 unspecified atom stereocenters. The molecule has 0 bridgehead atoms. The fourth-order valence-electron chi connectivity index (χ4n) is 3.84. The molecular formula is C22H28N2O3. The van der Waals surface area contributed by atoms with E-state index in [4.69, 9.17) is 4.74 Å². The Hall–Kier alpha value is -2.32. The first-order valence-corrected chi connectivity index (χ1v) is 9.86. The van der Waals surface area contributed by atoms with Gasteiger partial charge in [0, 0.05) is 19.2 Å². The van der Waals surface area contributed by atoms with Gasteiger partial charge in [0.1, 0.15) is 0 Å². The van der Waals surface area contributed by atoms with Crippen molar-refractivity contribution in [2.75, 3.05) is 33.3 Å². The highest BCUT2D eigenvalue weighted by atomic mass is 16.5. The normalized spacial score (nSPS) is 23.0. The van der Waals surface area contributed by atoms with Crippen molar-refractivity contribution in [3.05, 3.63) is 35.4 Å². The number of carbonyl (C=O) groups is 2. The number of amides is 1. The SMILES string of the molecule is CCOC(=O)c1cccc(C#CC2CC(CN3CCCCC3)C(=O)N2C)c1. The van der Waals surface area contributed by atoms with E-state index in [0.717, 1.165) is 31.6 Å². The van der Waals surface area contributed by atoms with Gasteiger partial charge in [-0.1, -0.05) is 24.3 Å². The summed E-state index contributed by atoms with van der Waals surface area (Å²) in [7, 11) is 1.84. The van der Waals surface area contributed by atoms with Gasteiger partial charge in [-0.25, -0.2) is 4.79 Å². The van der Waals surface area contributed by atoms with Crippen LogP contribution in [0.2, 0.25) is 0 Å². The maximum atomic E-state index is 12.6. The van der Waals surface area contributed by atoms with Crippen LogP contribution in [-0.4, -0.2) is 61.0 Å². The molecule has 0 spiro atoms. The summed E-state index contributed by atoms with van der Waals surface area (Å²) in [6.45, 7) is 5.19. The van der Waals surface area contributed by atoms with E-state index in [2.05, 4.69) is 16.7 Å². The highest BCUT2D eigenvalue weighted by Crippen LogP contribution is 2.25. The van der Waals surface area contributed by atoms with E-state index in [0.29, 0.717) is 12.2 Å². The van der Waals surface area contributed by atoms with Crippen LogP contribution in [0.1, 0.15) is 48.5 Å². The molecule has 0 saturated carbocycles. The minimum absolute atomic E-state index is 0.0401. The molecule has 0 aromatic heterocycles. The zero-order chi connectivity index (χ0) is 19.2. The maximum Gasteiger partial charge on any atom is 0.338 e. The van der Waals surface area contributed by atoms with E-state index in [1.807, 2.05) is 13.1 Å². The summed E-state index contributed by atoms with van der Waals surface area (Å²) in [6, 6.07) is 7.07. The van der Waals surface area contributed by atoms with Gasteiger partial charge in [-0.05, 0) is 57.5 Å². The first kappa shape index (κ1) is 19.4. The number of ether oxygens (including phenoxy) is 1. The lowest BCUT2D eigenvalue weighted by atomic mass is 10.0. The van der Waals surface area contributed by atoms with Gasteiger partial charge in [-0.2, -0.15) is 0 Å². The largest absolute Gasteiger partial charge is 0.462 e. The van der Waals surface area contributed by atoms with E-state index in [-0.39, 0.29) is 23.8 Å². The summed E-state index contributed by atoms with van der Waals surface area (Å²) < 4.78 is 5.03. The number of hydrogen-bond donors (Lipinski definition) is 0. The van der Waals surface area contributed by atoms with E-state index in [1.54, 1.807) is 30.0 Å². The molecule has 5 heteroatoms. The van der Waals surface area contributed by atoms with Gasteiger partial charge in [0.05, 0.1) is 24.1 Å². The van der Waals surface area contributed by atoms with Crippen LogP contribution < -0.4 is 0 Å². The Morgan fingerprint density at radius 2 is 2.04 bits per heavy atom. The Bertz CT molecular complexity index is 743. The Kier molecular flexibility index (Phi) is 6.52. The molecule has 0 aliphatic carbocycles. The Morgan fingerprint density at radius 3 is 2.78 bits per heavy atom. The molecule has 1 amide bonds. The predicted octanol–water partition coefficient (Wildman–Crippen LogP) is 2.55. The van der Waals surface area contributed by atoms with Gasteiger partial charge < -0.3 is 14.5 Å². The molecule has 1 aromatic carbocycles. The Balaban J connectivity index is 1.65. The number of hydrogen-bond acceptors (Lipinski definition) is 4. The lowest BCUT2D eigenvalue weighted by molar-refractivity contribution is -0.130. The quantitative estimate of drug-likeness (QED) is 0.605. The number of esters is 1. The van der Waals surface area contributed by atoms with Crippen LogP contribution in [0.25, 0.3) is 0 Å². The molecule has 1 aromatic rings. The fraction of sp³-hybridized carbons (Fsp3) is 0.545. The van der Waals surface area contributed by atoms with Gasteiger partial charge >= 0.3 is 5.97 Å². The number of rotatable bonds is 4. The zero-order valence-corrected chi connectivity index (χ0v) is 16.2. The van der Waals surface area contributed by atoms with Crippen molar-refractivity contribution >= 4 is 11.9 Å². The number of likely N-dealkylation sites (tertiary alicyclic amines) is 2. The number of benzene rings is 1. The number of nitrogens with zero attached hydrogens (tertiary/aromatic N) is 2. The first-order valence-electron chi connectivity index (χ1n) is 9.86. The lowest BCUT2D eigenvalue weighted by Gasteiger charge is -2.28. The van der Waals surface area contributed by atoms with Crippen molar-refractivity contribution < 1.29 is 14.3 Å². The van der Waals surface area contributed by atoms with Crippen LogP contribution in [-0.2, 0) is 9.53 Å². The van der Waals surface area contributed by atoms with Crippen molar-refractivity contribution in [2.45, 2.75) is 38.6 Å². The van der Waals surface area contributed by atoms with Crippen LogP contribution in [0.5, 0.6) is 0 Å². The molecule has 3 rings (SSSR count). The van der Waals surface area contributed by atoms with Crippen molar-refractivity contribution in [3.8, 4) is 11.8 Å². The minimum Gasteiger partial charge on any atom is -0.462 e. The molecule has 0 N–H and O–H groups in total. The van der Waals surface area contributed by atoms with Crippen molar-refractivity contribution in [1.82, 2.24) is 9.80 Å². The summed E-state index contributed by atoms with van der Waals surface area (Å²) in [5.41, 5.74) is 1.27.